The van der Waals surface area contributed by atoms with Crippen LogP contribution in [-0.2, 0) is 0 Å². The van der Waals surface area contributed by atoms with Crippen molar-refractivity contribution in [3.63, 3.8) is 0 Å². The lowest BCUT2D eigenvalue weighted by atomic mass is 10.3. The van der Waals surface area contributed by atoms with E-state index in [4.69, 9.17) is 5.73 Å². The Morgan fingerprint density at radius 3 is 2.44 bits per heavy atom. The highest BCUT2D eigenvalue weighted by molar-refractivity contribution is 5.42. The molecule has 1 aromatic carbocycles. The standard InChI is InChI=1S/C10H10F3N5/c1-2-15-10-16-9(14)18(17-10)5-3-6(11)8(13)7(12)4-5/h3-4H,2H2,1H3,(H3,14,15,16,17). The summed E-state index contributed by atoms with van der Waals surface area (Å²) in [6.45, 7) is 2.39. The Kier molecular flexibility index (Phi) is 3.09. The van der Waals surface area contributed by atoms with Gasteiger partial charge < -0.3 is 11.1 Å². The summed E-state index contributed by atoms with van der Waals surface area (Å²) >= 11 is 0. The Morgan fingerprint density at radius 1 is 1.28 bits per heavy atom. The summed E-state index contributed by atoms with van der Waals surface area (Å²) in [5, 5.41) is 6.69. The van der Waals surface area contributed by atoms with Crippen molar-refractivity contribution in [2.45, 2.75) is 6.92 Å². The fourth-order valence-electron chi connectivity index (χ4n) is 1.41. The van der Waals surface area contributed by atoms with Gasteiger partial charge in [-0.1, -0.05) is 0 Å². The van der Waals surface area contributed by atoms with Gasteiger partial charge in [-0.3, -0.25) is 0 Å². The molecule has 2 aromatic rings. The molecule has 0 atom stereocenters. The topological polar surface area (TPSA) is 68.8 Å². The fourth-order valence-corrected chi connectivity index (χ4v) is 1.41. The van der Waals surface area contributed by atoms with Gasteiger partial charge >= 0.3 is 0 Å². The van der Waals surface area contributed by atoms with E-state index < -0.39 is 17.5 Å². The number of rotatable bonds is 3. The zero-order valence-corrected chi connectivity index (χ0v) is 9.41. The van der Waals surface area contributed by atoms with Gasteiger partial charge in [-0.15, -0.1) is 5.10 Å². The molecule has 0 saturated carbocycles. The van der Waals surface area contributed by atoms with E-state index in [9.17, 15) is 13.2 Å². The highest BCUT2D eigenvalue weighted by atomic mass is 19.2. The smallest absolute Gasteiger partial charge is 0.244 e. The second-order valence-corrected chi connectivity index (χ2v) is 3.46. The van der Waals surface area contributed by atoms with Crippen molar-refractivity contribution in [1.29, 1.82) is 0 Å². The molecule has 0 unspecified atom stereocenters. The van der Waals surface area contributed by atoms with Crippen molar-refractivity contribution < 1.29 is 13.2 Å². The molecular formula is C10H10F3N5. The normalized spacial score (nSPS) is 10.7. The zero-order chi connectivity index (χ0) is 13.3. The molecule has 0 bridgehead atoms. The van der Waals surface area contributed by atoms with Crippen LogP contribution in [0.5, 0.6) is 0 Å². The Hall–Kier alpha value is -2.25. The van der Waals surface area contributed by atoms with Crippen LogP contribution in [0, 0.1) is 17.5 Å². The van der Waals surface area contributed by atoms with Crippen LogP contribution >= 0.6 is 0 Å². The maximum Gasteiger partial charge on any atom is 0.244 e. The summed E-state index contributed by atoms with van der Waals surface area (Å²) in [6.07, 6.45) is 0. The molecule has 0 radical (unpaired) electrons. The molecule has 0 aliphatic heterocycles. The summed E-state index contributed by atoms with van der Waals surface area (Å²) in [5.74, 6) is -4.00. The second kappa shape index (κ2) is 4.55. The van der Waals surface area contributed by atoms with E-state index in [1.165, 1.54) is 0 Å². The molecule has 2 rings (SSSR count). The zero-order valence-electron chi connectivity index (χ0n) is 9.41. The molecule has 96 valence electrons. The molecule has 0 aliphatic rings. The number of hydrogen-bond donors (Lipinski definition) is 2. The van der Waals surface area contributed by atoms with Gasteiger partial charge in [0.1, 0.15) is 0 Å². The van der Waals surface area contributed by atoms with Crippen molar-refractivity contribution in [1.82, 2.24) is 14.8 Å². The predicted molar refractivity (Wildman–Crippen MR) is 59.8 cm³/mol. The first-order valence-electron chi connectivity index (χ1n) is 5.14. The minimum atomic E-state index is -1.54. The Labute approximate surface area is 100 Å². The van der Waals surface area contributed by atoms with Crippen molar-refractivity contribution in [3.8, 4) is 5.69 Å². The maximum absolute atomic E-state index is 13.1. The summed E-state index contributed by atoms with van der Waals surface area (Å²) < 4.78 is 40.0. The third-order valence-corrected chi connectivity index (χ3v) is 2.18. The number of benzene rings is 1. The molecule has 0 amide bonds. The minimum absolute atomic E-state index is 0.0412. The first kappa shape index (κ1) is 12.2. The lowest BCUT2D eigenvalue weighted by molar-refractivity contribution is 0.446. The Morgan fingerprint density at radius 2 is 1.89 bits per heavy atom. The Bertz CT molecular complexity index is 558. The van der Waals surface area contributed by atoms with Crippen LogP contribution in [-0.4, -0.2) is 21.3 Å². The average Bonchev–Trinajstić information content (AvgIpc) is 2.67. The van der Waals surface area contributed by atoms with Crippen molar-refractivity contribution >= 4 is 11.9 Å². The van der Waals surface area contributed by atoms with Crippen molar-refractivity contribution in [2.24, 2.45) is 0 Å². The van der Waals surface area contributed by atoms with Crippen LogP contribution < -0.4 is 11.1 Å². The van der Waals surface area contributed by atoms with Crippen LogP contribution in [0.2, 0.25) is 0 Å². The van der Waals surface area contributed by atoms with E-state index in [-0.39, 0.29) is 17.6 Å². The highest BCUT2D eigenvalue weighted by Crippen LogP contribution is 2.19. The SMILES string of the molecule is CCNc1nc(N)n(-c2cc(F)c(F)c(F)c2)n1. The number of nitrogen functional groups attached to an aromatic ring is 1. The lowest BCUT2D eigenvalue weighted by Gasteiger charge is -2.03. The van der Waals surface area contributed by atoms with Crippen LogP contribution in [0.25, 0.3) is 5.69 Å². The molecule has 1 aromatic heterocycles. The van der Waals surface area contributed by atoms with Gasteiger partial charge in [-0.2, -0.15) is 9.67 Å². The first-order chi connectivity index (χ1) is 8.52. The molecule has 0 saturated heterocycles. The summed E-state index contributed by atoms with van der Waals surface area (Å²) in [5.41, 5.74) is 5.51. The molecule has 0 fully saturated rings. The van der Waals surface area contributed by atoms with Gasteiger partial charge in [0.2, 0.25) is 11.9 Å². The van der Waals surface area contributed by atoms with Gasteiger partial charge in [-0.25, -0.2) is 13.2 Å². The molecule has 18 heavy (non-hydrogen) atoms. The summed E-state index contributed by atoms with van der Waals surface area (Å²) in [4.78, 5) is 3.84. The molecule has 1 heterocycles. The van der Waals surface area contributed by atoms with Gasteiger partial charge in [0, 0.05) is 18.7 Å². The van der Waals surface area contributed by atoms with Crippen LogP contribution in [0.3, 0.4) is 0 Å². The van der Waals surface area contributed by atoms with Crippen molar-refractivity contribution in [3.05, 3.63) is 29.6 Å². The monoisotopic (exact) mass is 257 g/mol. The van der Waals surface area contributed by atoms with Crippen LogP contribution in [0.15, 0.2) is 12.1 Å². The third kappa shape index (κ3) is 2.08. The predicted octanol–water partition coefficient (Wildman–Crippen LogP) is 1.70. The average molecular weight is 257 g/mol. The number of nitrogens with zero attached hydrogens (tertiary/aromatic N) is 3. The van der Waals surface area contributed by atoms with Gasteiger partial charge in [0.05, 0.1) is 5.69 Å². The number of nitrogens with one attached hydrogen (secondary N) is 1. The van der Waals surface area contributed by atoms with E-state index in [0.29, 0.717) is 6.54 Å². The van der Waals surface area contributed by atoms with Gasteiger partial charge in [0.25, 0.3) is 0 Å². The maximum atomic E-state index is 13.1. The molecule has 5 nitrogen and oxygen atoms in total. The minimum Gasteiger partial charge on any atom is -0.368 e. The van der Waals surface area contributed by atoms with E-state index in [0.717, 1.165) is 16.8 Å². The second-order valence-electron chi connectivity index (χ2n) is 3.46. The highest BCUT2D eigenvalue weighted by Gasteiger charge is 2.14. The largest absolute Gasteiger partial charge is 0.368 e. The van der Waals surface area contributed by atoms with E-state index in [2.05, 4.69) is 15.4 Å². The van der Waals surface area contributed by atoms with Gasteiger partial charge in [0.15, 0.2) is 17.5 Å². The number of aromatic nitrogens is 3. The first-order valence-corrected chi connectivity index (χ1v) is 5.14. The molecule has 8 heteroatoms. The number of nitrogens with two attached hydrogens (primary N) is 1. The summed E-state index contributed by atoms with van der Waals surface area (Å²) in [7, 11) is 0. The van der Waals surface area contributed by atoms with Crippen LogP contribution in [0.1, 0.15) is 6.92 Å². The van der Waals surface area contributed by atoms with E-state index >= 15 is 0 Å². The number of halogens is 3. The lowest BCUT2D eigenvalue weighted by Crippen LogP contribution is -2.05. The third-order valence-electron chi connectivity index (χ3n) is 2.18. The Balaban J connectivity index is 2.48. The van der Waals surface area contributed by atoms with Gasteiger partial charge in [-0.05, 0) is 6.92 Å². The molecular weight excluding hydrogens is 247 g/mol. The number of anilines is 2. The molecule has 3 N–H and O–H groups in total. The fraction of sp³-hybridized carbons (Fsp3) is 0.200. The van der Waals surface area contributed by atoms with Crippen molar-refractivity contribution in [2.75, 3.05) is 17.6 Å². The molecule has 0 spiro atoms. The summed E-state index contributed by atoms with van der Waals surface area (Å²) in [6, 6.07) is 1.58. The van der Waals surface area contributed by atoms with Crippen LogP contribution in [0.4, 0.5) is 25.1 Å². The van der Waals surface area contributed by atoms with E-state index in [1.807, 2.05) is 6.92 Å². The molecule has 0 aliphatic carbocycles. The quantitative estimate of drug-likeness (QED) is 0.821. The van der Waals surface area contributed by atoms with E-state index in [1.54, 1.807) is 0 Å². The number of hydrogen-bond acceptors (Lipinski definition) is 4.